The highest BCUT2D eigenvalue weighted by molar-refractivity contribution is 6.67. The fraction of sp³-hybridized carbons (Fsp3) is 0.364. The van der Waals surface area contributed by atoms with Gasteiger partial charge in [-0.05, 0) is 6.92 Å². The monoisotopic (exact) mass is 239 g/mol. The van der Waals surface area contributed by atoms with Gasteiger partial charge in [-0.25, -0.2) is 0 Å². The van der Waals surface area contributed by atoms with Gasteiger partial charge in [-0.1, -0.05) is 35.5 Å². The van der Waals surface area contributed by atoms with Crippen LogP contribution in [0.25, 0.3) is 0 Å². The van der Waals surface area contributed by atoms with Gasteiger partial charge in [-0.15, -0.1) is 11.6 Å². The lowest BCUT2D eigenvalue weighted by molar-refractivity contribution is -0.128. The van der Waals surface area contributed by atoms with Crippen LogP contribution in [0, 0.1) is 0 Å². The quantitative estimate of drug-likeness (QED) is 0.444. The van der Waals surface area contributed by atoms with Crippen molar-refractivity contribution in [2.24, 2.45) is 0 Å². The number of nitrogens with zero attached hydrogens (tertiary/aromatic N) is 1. The maximum atomic E-state index is 11.2. The summed E-state index contributed by atoms with van der Waals surface area (Å²) in [6.45, 7) is 3.39. The lowest BCUT2D eigenvalue weighted by Gasteiger charge is -2.32. The van der Waals surface area contributed by atoms with Crippen LogP contribution in [-0.2, 0) is 4.79 Å². The summed E-state index contributed by atoms with van der Waals surface area (Å²) >= 11 is 6.33. The highest BCUT2D eigenvalue weighted by Gasteiger charge is 2.29. The van der Waals surface area contributed by atoms with Gasteiger partial charge in [0.2, 0.25) is 5.91 Å². The SMILES string of the molecule is CC(=O)N(C)C(C)(Cl)[Si]c1ccccc1. The molecular formula is C11H14ClNOSi. The Morgan fingerprint density at radius 3 is 2.40 bits per heavy atom. The zero-order valence-electron chi connectivity index (χ0n) is 9.12. The smallest absolute Gasteiger partial charge is 0.220 e. The minimum atomic E-state index is -0.632. The van der Waals surface area contributed by atoms with Gasteiger partial charge < -0.3 is 4.90 Å². The highest BCUT2D eigenvalue weighted by atomic mass is 35.5. The number of alkyl halides is 1. The van der Waals surface area contributed by atoms with E-state index in [0.717, 1.165) is 5.19 Å². The number of rotatable bonds is 3. The van der Waals surface area contributed by atoms with Crippen LogP contribution in [0.1, 0.15) is 13.8 Å². The number of benzene rings is 1. The van der Waals surface area contributed by atoms with Crippen molar-refractivity contribution >= 4 is 32.2 Å². The second-order valence-corrected chi connectivity index (χ2v) is 6.38. The first kappa shape index (κ1) is 12.3. The van der Waals surface area contributed by atoms with Crippen LogP contribution in [0.15, 0.2) is 30.3 Å². The molecule has 2 radical (unpaired) electrons. The molecule has 0 aromatic heterocycles. The van der Waals surface area contributed by atoms with Crippen molar-refractivity contribution in [3.63, 3.8) is 0 Å². The predicted molar refractivity (Wildman–Crippen MR) is 64.5 cm³/mol. The first-order chi connectivity index (χ1) is 6.93. The molecule has 1 amide bonds. The van der Waals surface area contributed by atoms with Gasteiger partial charge in [0.05, 0.1) is 0 Å². The van der Waals surface area contributed by atoms with Gasteiger partial charge in [0.1, 0.15) is 14.1 Å². The fourth-order valence-electron chi connectivity index (χ4n) is 1.16. The molecule has 0 saturated carbocycles. The Kier molecular flexibility index (Phi) is 3.94. The summed E-state index contributed by atoms with van der Waals surface area (Å²) in [6.07, 6.45) is 0. The molecule has 1 unspecified atom stereocenters. The minimum Gasteiger partial charge on any atom is -0.330 e. The minimum absolute atomic E-state index is 0.0177. The van der Waals surface area contributed by atoms with E-state index in [2.05, 4.69) is 0 Å². The van der Waals surface area contributed by atoms with E-state index >= 15 is 0 Å². The number of carbonyl (C=O) groups is 1. The Hall–Kier alpha value is -0.803. The molecular weight excluding hydrogens is 226 g/mol. The second-order valence-electron chi connectivity index (χ2n) is 3.52. The summed E-state index contributed by atoms with van der Waals surface area (Å²) in [6, 6.07) is 9.96. The third-order valence-corrected chi connectivity index (χ3v) is 4.20. The number of carbonyl (C=O) groups excluding carboxylic acids is 1. The molecule has 0 bridgehead atoms. The van der Waals surface area contributed by atoms with Crippen molar-refractivity contribution < 1.29 is 4.79 Å². The van der Waals surface area contributed by atoms with E-state index in [4.69, 9.17) is 11.6 Å². The third-order valence-electron chi connectivity index (χ3n) is 2.25. The Bertz CT molecular complexity index is 340. The number of halogens is 1. The first-order valence-corrected chi connectivity index (χ1v) is 6.08. The van der Waals surface area contributed by atoms with E-state index in [1.807, 2.05) is 37.3 Å². The van der Waals surface area contributed by atoms with Crippen LogP contribution < -0.4 is 5.19 Å². The molecule has 0 saturated heterocycles. The van der Waals surface area contributed by atoms with Gasteiger partial charge in [-0.2, -0.15) is 0 Å². The molecule has 4 heteroatoms. The summed E-state index contributed by atoms with van der Waals surface area (Å²) in [5.74, 6) is -0.0177. The van der Waals surface area contributed by atoms with Gasteiger partial charge in [0.15, 0.2) is 0 Å². The average Bonchev–Trinajstić information content (AvgIpc) is 2.17. The highest BCUT2D eigenvalue weighted by Crippen LogP contribution is 2.16. The van der Waals surface area contributed by atoms with Crippen LogP contribution in [0.2, 0.25) is 0 Å². The molecule has 0 aliphatic rings. The van der Waals surface area contributed by atoms with E-state index in [1.54, 1.807) is 11.9 Å². The molecule has 2 nitrogen and oxygen atoms in total. The molecule has 0 spiro atoms. The summed E-state index contributed by atoms with van der Waals surface area (Å²) < 4.78 is -0.632. The zero-order valence-corrected chi connectivity index (χ0v) is 10.9. The fourth-order valence-corrected chi connectivity index (χ4v) is 2.82. The topological polar surface area (TPSA) is 20.3 Å². The molecule has 0 N–H and O–H groups in total. The standard InChI is InChI=1S/C11H14ClNOSi/c1-9(14)13(3)11(2,12)15-10-7-5-4-6-8-10/h4-8H,1-3H3. The largest absolute Gasteiger partial charge is 0.330 e. The zero-order chi connectivity index (χ0) is 11.5. The van der Waals surface area contributed by atoms with Gasteiger partial charge >= 0.3 is 0 Å². The van der Waals surface area contributed by atoms with Crippen LogP contribution in [0.5, 0.6) is 0 Å². The average molecular weight is 240 g/mol. The molecule has 80 valence electrons. The molecule has 1 aromatic carbocycles. The van der Waals surface area contributed by atoms with Crippen molar-refractivity contribution in [1.82, 2.24) is 4.90 Å². The van der Waals surface area contributed by atoms with Crippen LogP contribution in [0.3, 0.4) is 0 Å². The van der Waals surface area contributed by atoms with E-state index < -0.39 is 4.62 Å². The van der Waals surface area contributed by atoms with Gasteiger partial charge in [0.25, 0.3) is 0 Å². The van der Waals surface area contributed by atoms with E-state index in [0.29, 0.717) is 9.52 Å². The number of hydrogen-bond donors (Lipinski definition) is 0. The predicted octanol–water partition coefficient (Wildman–Crippen LogP) is 1.41. The van der Waals surface area contributed by atoms with Crippen LogP contribution in [0.4, 0.5) is 0 Å². The van der Waals surface area contributed by atoms with Crippen molar-refractivity contribution in [3.05, 3.63) is 30.3 Å². The number of hydrogen-bond acceptors (Lipinski definition) is 1. The third kappa shape index (κ3) is 3.36. The van der Waals surface area contributed by atoms with Gasteiger partial charge in [0, 0.05) is 14.0 Å². The van der Waals surface area contributed by atoms with Crippen molar-refractivity contribution in [1.29, 1.82) is 0 Å². The van der Waals surface area contributed by atoms with Crippen molar-refractivity contribution in [2.45, 2.75) is 18.5 Å². The Morgan fingerprint density at radius 2 is 1.93 bits per heavy atom. The summed E-state index contributed by atoms with van der Waals surface area (Å²) in [4.78, 5) is 12.8. The maximum Gasteiger partial charge on any atom is 0.220 e. The van der Waals surface area contributed by atoms with Crippen molar-refractivity contribution in [2.75, 3.05) is 7.05 Å². The van der Waals surface area contributed by atoms with Crippen LogP contribution in [-0.4, -0.2) is 32.0 Å². The molecule has 1 aromatic rings. The van der Waals surface area contributed by atoms with E-state index in [9.17, 15) is 4.79 Å². The first-order valence-electron chi connectivity index (χ1n) is 4.70. The summed E-state index contributed by atoms with van der Waals surface area (Å²) in [7, 11) is 2.10. The molecule has 0 aliphatic carbocycles. The molecule has 15 heavy (non-hydrogen) atoms. The summed E-state index contributed by atoms with van der Waals surface area (Å²) in [5, 5.41) is 1.16. The number of amides is 1. The van der Waals surface area contributed by atoms with Crippen LogP contribution >= 0.6 is 11.6 Å². The summed E-state index contributed by atoms with van der Waals surface area (Å²) in [5.41, 5.74) is 0. The Balaban J connectivity index is 2.76. The lowest BCUT2D eigenvalue weighted by atomic mass is 10.4. The Morgan fingerprint density at radius 1 is 1.40 bits per heavy atom. The molecule has 1 rings (SSSR count). The maximum absolute atomic E-state index is 11.2. The second kappa shape index (κ2) is 4.81. The molecule has 0 aliphatic heterocycles. The lowest BCUT2D eigenvalue weighted by Crippen LogP contribution is -2.50. The van der Waals surface area contributed by atoms with E-state index in [1.165, 1.54) is 6.92 Å². The normalized spacial score (nSPS) is 14.4. The molecule has 0 heterocycles. The van der Waals surface area contributed by atoms with Gasteiger partial charge in [-0.3, -0.25) is 4.79 Å². The molecule has 1 atom stereocenters. The molecule has 0 fully saturated rings. The van der Waals surface area contributed by atoms with Crippen molar-refractivity contribution in [3.8, 4) is 0 Å². The van der Waals surface area contributed by atoms with E-state index in [-0.39, 0.29) is 5.91 Å². The Labute approximate surface area is 98.1 Å².